The summed E-state index contributed by atoms with van der Waals surface area (Å²) in [5.74, 6) is -2.96. The number of hydrogen-bond donors (Lipinski definition) is 3. The molecule has 0 saturated carbocycles. The van der Waals surface area contributed by atoms with Crippen molar-refractivity contribution in [3.8, 4) is 0 Å². The second-order valence-electron chi connectivity index (χ2n) is 5.99. The van der Waals surface area contributed by atoms with Crippen molar-refractivity contribution in [1.29, 1.82) is 0 Å². The standard InChI is InChI=1S/C20H21FN2O4/c1-2-3-10-22-18(24)14-6-4-13(5-7-14)12-23-19(25)16-9-8-15(20(26)27)11-17(16)21/h4-9,11H,2-3,10,12H2,1H3,(H,22,24)(H,23,25)(H,26,27). The van der Waals surface area contributed by atoms with Crippen LogP contribution in [0.4, 0.5) is 4.39 Å². The molecule has 142 valence electrons. The summed E-state index contributed by atoms with van der Waals surface area (Å²) in [5, 5.41) is 14.2. The molecule has 0 spiro atoms. The van der Waals surface area contributed by atoms with Gasteiger partial charge >= 0.3 is 5.97 Å². The summed E-state index contributed by atoms with van der Waals surface area (Å²) in [6, 6.07) is 9.85. The lowest BCUT2D eigenvalue weighted by Gasteiger charge is -2.08. The minimum atomic E-state index is -1.26. The van der Waals surface area contributed by atoms with Crippen molar-refractivity contribution in [3.05, 3.63) is 70.5 Å². The summed E-state index contributed by atoms with van der Waals surface area (Å²) in [6.07, 6.45) is 1.92. The smallest absolute Gasteiger partial charge is 0.335 e. The highest BCUT2D eigenvalue weighted by atomic mass is 19.1. The number of halogens is 1. The van der Waals surface area contributed by atoms with Crippen LogP contribution in [-0.2, 0) is 6.54 Å². The Labute approximate surface area is 156 Å². The number of carbonyl (C=O) groups excluding carboxylic acids is 2. The third-order valence-electron chi connectivity index (χ3n) is 3.95. The molecule has 0 unspecified atom stereocenters. The predicted octanol–water partition coefficient (Wildman–Crippen LogP) is 2.98. The van der Waals surface area contributed by atoms with E-state index in [-0.39, 0.29) is 23.6 Å². The fraction of sp³-hybridized carbons (Fsp3) is 0.250. The minimum absolute atomic E-state index is 0.149. The van der Waals surface area contributed by atoms with Gasteiger partial charge in [0.25, 0.3) is 11.8 Å². The summed E-state index contributed by atoms with van der Waals surface area (Å²) < 4.78 is 13.9. The zero-order valence-corrected chi connectivity index (χ0v) is 14.9. The number of nitrogens with one attached hydrogen (secondary N) is 2. The number of carboxylic acid groups (broad SMARTS) is 1. The molecule has 0 atom stereocenters. The van der Waals surface area contributed by atoms with Crippen molar-refractivity contribution in [1.82, 2.24) is 10.6 Å². The topological polar surface area (TPSA) is 95.5 Å². The summed E-state index contributed by atoms with van der Waals surface area (Å²) in [4.78, 5) is 34.8. The van der Waals surface area contributed by atoms with Gasteiger partial charge in [0.1, 0.15) is 5.82 Å². The minimum Gasteiger partial charge on any atom is -0.478 e. The first-order valence-corrected chi connectivity index (χ1v) is 8.60. The fourth-order valence-electron chi connectivity index (χ4n) is 2.36. The number of hydrogen-bond acceptors (Lipinski definition) is 3. The summed E-state index contributed by atoms with van der Waals surface area (Å²) in [6.45, 7) is 2.82. The Balaban J connectivity index is 1.93. The van der Waals surface area contributed by atoms with E-state index in [0.29, 0.717) is 12.1 Å². The van der Waals surface area contributed by atoms with Crippen LogP contribution in [0.3, 0.4) is 0 Å². The summed E-state index contributed by atoms with van der Waals surface area (Å²) in [7, 11) is 0. The molecule has 0 saturated heterocycles. The normalized spacial score (nSPS) is 10.3. The lowest BCUT2D eigenvalue weighted by molar-refractivity contribution is 0.0695. The first-order valence-electron chi connectivity index (χ1n) is 8.60. The van der Waals surface area contributed by atoms with E-state index in [2.05, 4.69) is 10.6 Å². The van der Waals surface area contributed by atoms with Gasteiger partial charge in [-0.05, 0) is 42.3 Å². The van der Waals surface area contributed by atoms with E-state index in [0.717, 1.165) is 30.5 Å². The van der Waals surface area contributed by atoms with Gasteiger partial charge in [-0.2, -0.15) is 0 Å². The van der Waals surface area contributed by atoms with E-state index in [1.54, 1.807) is 24.3 Å². The number of unbranched alkanes of at least 4 members (excludes halogenated alkanes) is 1. The molecule has 0 radical (unpaired) electrons. The SMILES string of the molecule is CCCCNC(=O)c1ccc(CNC(=O)c2ccc(C(=O)O)cc2F)cc1. The van der Waals surface area contributed by atoms with Gasteiger partial charge in [-0.1, -0.05) is 25.5 Å². The predicted molar refractivity (Wildman–Crippen MR) is 98.2 cm³/mol. The van der Waals surface area contributed by atoms with Crippen molar-refractivity contribution in [2.45, 2.75) is 26.3 Å². The maximum Gasteiger partial charge on any atom is 0.335 e. The molecule has 6 nitrogen and oxygen atoms in total. The van der Waals surface area contributed by atoms with Gasteiger partial charge in [0.15, 0.2) is 0 Å². The number of carbonyl (C=O) groups is 3. The number of amides is 2. The molecule has 2 amide bonds. The molecule has 2 aromatic rings. The van der Waals surface area contributed by atoms with Crippen LogP contribution in [0.25, 0.3) is 0 Å². The number of carboxylic acids is 1. The maximum absolute atomic E-state index is 13.9. The molecule has 0 aromatic heterocycles. The maximum atomic E-state index is 13.9. The highest BCUT2D eigenvalue weighted by Gasteiger charge is 2.14. The van der Waals surface area contributed by atoms with Crippen molar-refractivity contribution < 1.29 is 23.9 Å². The zero-order valence-electron chi connectivity index (χ0n) is 14.9. The average molecular weight is 372 g/mol. The number of aromatic carboxylic acids is 1. The summed E-state index contributed by atoms with van der Waals surface area (Å²) >= 11 is 0. The Morgan fingerprint density at radius 3 is 2.22 bits per heavy atom. The average Bonchev–Trinajstić information content (AvgIpc) is 2.66. The van der Waals surface area contributed by atoms with Gasteiger partial charge in [-0.3, -0.25) is 9.59 Å². The Bertz CT molecular complexity index is 834. The molecule has 2 aromatic carbocycles. The van der Waals surface area contributed by atoms with Gasteiger partial charge in [0, 0.05) is 18.7 Å². The van der Waals surface area contributed by atoms with Gasteiger partial charge in [0.2, 0.25) is 0 Å². The van der Waals surface area contributed by atoms with Gasteiger partial charge in [-0.25, -0.2) is 9.18 Å². The molecule has 2 rings (SSSR count). The third-order valence-corrected chi connectivity index (χ3v) is 3.95. The molecule has 7 heteroatoms. The molecule has 0 fully saturated rings. The monoisotopic (exact) mass is 372 g/mol. The van der Waals surface area contributed by atoms with E-state index in [4.69, 9.17) is 5.11 Å². The van der Waals surface area contributed by atoms with E-state index in [1.165, 1.54) is 6.07 Å². The van der Waals surface area contributed by atoms with Crippen molar-refractivity contribution >= 4 is 17.8 Å². The van der Waals surface area contributed by atoms with Crippen LogP contribution in [0.2, 0.25) is 0 Å². The quantitative estimate of drug-likeness (QED) is 0.621. The Hall–Kier alpha value is -3.22. The first-order chi connectivity index (χ1) is 12.9. The Kier molecular flexibility index (Phi) is 7.05. The van der Waals surface area contributed by atoms with Crippen LogP contribution in [0.15, 0.2) is 42.5 Å². The van der Waals surface area contributed by atoms with Crippen LogP contribution in [0.5, 0.6) is 0 Å². The highest BCUT2D eigenvalue weighted by Crippen LogP contribution is 2.11. The molecular weight excluding hydrogens is 351 g/mol. The van der Waals surface area contributed by atoms with Crippen LogP contribution in [-0.4, -0.2) is 29.4 Å². The number of rotatable bonds is 8. The van der Waals surface area contributed by atoms with Crippen LogP contribution < -0.4 is 10.6 Å². The van der Waals surface area contributed by atoms with Gasteiger partial charge < -0.3 is 15.7 Å². The lowest BCUT2D eigenvalue weighted by atomic mass is 10.1. The molecule has 0 aliphatic heterocycles. The van der Waals surface area contributed by atoms with E-state index < -0.39 is 17.7 Å². The van der Waals surface area contributed by atoms with E-state index in [9.17, 15) is 18.8 Å². The van der Waals surface area contributed by atoms with E-state index >= 15 is 0 Å². The Morgan fingerprint density at radius 2 is 1.63 bits per heavy atom. The zero-order chi connectivity index (χ0) is 19.8. The second-order valence-corrected chi connectivity index (χ2v) is 5.99. The fourth-order valence-corrected chi connectivity index (χ4v) is 2.36. The molecule has 0 heterocycles. The number of benzene rings is 2. The molecular formula is C20H21FN2O4. The molecule has 0 aliphatic rings. The third kappa shape index (κ3) is 5.64. The molecule has 0 aliphatic carbocycles. The lowest BCUT2D eigenvalue weighted by Crippen LogP contribution is -2.25. The van der Waals surface area contributed by atoms with Crippen LogP contribution in [0, 0.1) is 5.82 Å². The van der Waals surface area contributed by atoms with Crippen LogP contribution >= 0.6 is 0 Å². The second kappa shape index (κ2) is 9.47. The molecule has 0 bridgehead atoms. The largest absolute Gasteiger partial charge is 0.478 e. The van der Waals surface area contributed by atoms with Gasteiger partial charge in [0.05, 0.1) is 11.1 Å². The van der Waals surface area contributed by atoms with E-state index in [1.807, 2.05) is 6.92 Å². The summed E-state index contributed by atoms with van der Waals surface area (Å²) in [5.41, 5.74) is 0.816. The molecule has 27 heavy (non-hydrogen) atoms. The molecule has 3 N–H and O–H groups in total. The van der Waals surface area contributed by atoms with Gasteiger partial charge in [-0.15, -0.1) is 0 Å². The van der Waals surface area contributed by atoms with Crippen molar-refractivity contribution in [2.75, 3.05) is 6.54 Å². The Morgan fingerprint density at radius 1 is 0.963 bits per heavy atom. The van der Waals surface area contributed by atoms with Crippen LogP contribution in [0.1, 0.15) is 56.4 Å². The van der Waals surface area contributed by atoms with Crippen molar-refractivity contribution in [2.24, 2.45) is 0 Å². The highest BCUT2D eigenvalue weighted by molar-refractivity contribution is 5.96. The first kappa shape index (κ1) is 20.1. The van der Waals surface area contributed by atoms with Crippen molar-refractivity contribution in [3.63, 3.8) is 0 Å².